The molecule has 82 valence electrons. The molecular weight excluding hydrogens is 363 g/mol. The summed E-state index contributed by atoms with van der Waals surface area (Å²) >= 11 is 1.53. The third kappa shape index (κ3) is 2.75. The second-order valence-electron chi connectivity index (χ2n) is 2.43. The Morgan fingerprint density at radius 3 is 2.40 bits per heavy atom. The van der Waals surface area contributed by atoms with Crippen LogP contribution in [0.5, 0.6) is 0 Å². The number of halogens is 3. The lowest BCUT2D eigenvalue weighted by molar-refractivity contribution is -0.386. The van der Waals surface area contributed by atoms with Gasteiger partial charge in [-0.2, -0.15) is 0 Å². The van der Waals surface area contributed by atoms with E-state index in [9.17, 15) is 22.9 Å². The minimum Gasteiger partial charge on any atom is -0.258 e. The van der Waals surface area contributed by atoms with E-state index in [4.69, 9.17) is 10.7 Å². The maximum Gasteiger partial charge on any atom is 0.284 e. The fraction of sp³-hybridized carbons (Fsp3) is 0. The maximum atomic E-state index is 13.1. The zero-order chi connectivity index (χ0) is 11.8. The van der Waals surface area contributed by atoms with E-state index in [2.05, 4.69) is 0 Å². The number of rotatable bonds is 2. The van der Waals surface area contributed by atoms with Gasteiger partial charge in [0.15, 0.2) is 0 Å². The number of nitro groups is 1. The zero-order valence-corrected chi connectivity index (χ0v) is 10.5. The Labute approximate surface area is 102 Å². The molecule has 0 aromatic heterocycles. The Balaban J connectivity index is 3.58. The van der Waals surface area contributed by atoms with E-state index in [1.165, 1.54) is 22.6 Å². The predicted molar refractivity (Wildman–Crippen MR) is 58.8 cm³/mol. The lowest BCUT2D eigenvalue weighted by atomic mass is 10.3. The first-order valence-electron chi connectivity index (χ1n) is 3.31. The van der Waals surface area contributed by atoms with Gasteiger partial charge < -0.3 is 0 Å². The van der Waals surface area contributed by atoms with Gasteiger partial charge in [-0.05, 0) is 28.7 Å². The van der Waals surface area contributed by atoms with Crippen LogP contribution in [0.3, 0.4) is 0 Å². The summed E-state index contributed by atoms with van der Waals surface area (Å²) in [6.07, 6.45) is 0. The van der Waals surface area contributed by atoms with Crippen molar-refractivity contribution in [3.05, 3.63) is 31.6 Å². The van der Waals surface area contributed by atoms with Crippen molar-refractivity contribution in [2.45, 2.75) is 4.90 Å². The number of nitro benzene ring substituents is 1. The first kappa shape index (κ1) is 12.6. The van der Waals surface area contributed by atoms with Crippen LogP contribution in [0.2, 0.25) is 0 Å². The Bertz CT molecular complexity index is 532. The van der Waals surface area contributed by atoms with Crippen molar-refractivity contribution >= 4 is 48.0 Å². The van der Waals surface area contributed by atoms with Gasteiger partial charge in [-0.3, -0.25) is 10.1 Å². The van der Waals surface area contributed by atoms with Gasteiger partial charge in [-0.1, -0.05) is 0 Å². The molecule has 9 heteroatoms. The lowest BCUT2D eigenvalue weighted by Gasteiger charge is -2.00. The van der Waals surface area contributed by atoms with E-state index in [-0.39, 0.29) is 3.57 Å². The van der Waals surface area contributed by atoms with Gasteiger partial charge in [0.05, 0.1) is 8.49 Å². The Morgan fingerprint density at radius 1 is 1.47 bits per heavy atom. The Morgan fingerprint density at radius 2 is 2.00 bits per heavy atom. The molecule has 1 aromatic rings. The van der Waals surface area contributed by atoms with Crippen LogP contribution >= 0.6 is 33.3 Å². The van der Waals surface area contributed by atoms with Gasteiger partial charge in [0, 0.05) is 16.7 Å². The molecule has 0 fully saturated rings. The summed E-state index contributed by atoms with van der Waals surface area (Å²) in [7, 11) is 0.583. The lowest BCUT2D eigenvalue weighted by Crippen LogP contribution is -2.00. The second kappa shape index (κ2) is 4.18. The van der Waals surface area contributed by atoms with Gasteiger partial charge in [-0.25, -0.2) is 12.8 Å². The molecule has 0 unspecified atom stereocenters. The van der Waals surface area contributed by atoms with Gasteiger partial charge in [0.25, 0.3) is 14.7 Å². The summed E-state index contributed by atoms with van der Waals surface area (Å²) in [6.45, 7) is 0. The molecule has 0 aliphatic carbocycles. The summed E-state index contributed by atoms with van der Waals surface area (Å²) in [5.74, 6) is -1.11. The highest BCUT2D eigenvalue weighted by molar-refractivity contribution is 14.1. The van der Waals surface area contributed by atoms with Gasteiger partial charge >= 0.3 is 0 Å². The van der Waals surface area contributed by atoms with Gasteiger partial charge in [-0.15, -0.1) is 0 Å². The Hall–Kier alpha value is -0.480. The van der Waals surface area contributed by atoms with Crippen molar-refractivity contribution in [3.63, 3.8) is 0 Å². The smallest absolute Gasteiger partial charge is 0.258 e. The van der Waals surface area contributed by atoms with Crippen molar-refractivity contribution in [1.29, 1.82) is 0 Å². The summed E-state index contributed by atoms with van der Waals surface area (Å²) < 4.78 is 34.8. The molecule has 1 rings (SSSR count). The zero-order valence-electron chi connectivity index (χ0n) is 6.78. The molecule has 0 heterocycles. The summed E-state index contributed by atoms with van der Waals surface area (Å²) in [6, 6.07) is 1.34. The first-order valence-corrected chi connectivity index (χ1v) is 6.70. The highest BCUT2D eigenvalue weighted by Gasteiger charge is 2.23. The largest absolute Gasteiger partial charge is 0.284 e. The molecule has 0 bridgehead atoms. The van der Waals surface area contributed by atoms with Crippen LogP contribution in [0, 0.1) is 19.5 Å². The molecule has 0 saturated heterocycles. The van der Waals surface area contributed by atoms with E-state index in [0.717, 1.165) is 6.07 Å². The predicted octanol–water partition coefficient (Wildman–Crippen LogP) is 2.27. The fourth-order valence-corrected chi connectivity index (χ4v) is 2.37. The van der Waals surface area contributed by atoms with Crippen LogP contribution in [0.1, 0.15) is 0 Å². The van der Waals surface area contributed by atoms with Crippen LogP contribution in [0.15, 0.2) is 17.0 Å². The van der Waals surface area contributed by atoms with E-state index in [1.54, 1.807) is 0 Å². The number of benzene rings is 1. The number of hydrogen-bond acceptors (Lipinski definition) is 4. The van der Waals surface area contributed by atoms with Crippen LogP contribution < -0.4 is 0 Å². The summed E-state index contributed by atoms with van der Waals surface area (Å²) in [4.78, 5) is 8.75. The molecule has 0 aliphatic rings. The monoisotopic (exact) mass is 365 g/mol. The maximum absolute atomic E-state index is 13.1. The topological polar surface area (TPSA) is 77.3 Å². The highest BCUT2D eigenvalue weighted by atomic mass is 127. The van der Waals surface area contributed by atoms with Crippen LogP contribution in [-0.2, 0) is 9.05 Å². The molecule has 0 aliphatic heterocycles. The van der Waals surface area contributed by atoms with E-state index in [1.807, 2.05) is 0 Å². The molecule has 0 amide bonds. The van der Waals surface area contributed by atoms with Crippen LogP contribution in [0.4, 0.5) is 10.1 Å². The average molecular weight is 366 g/mol. The minimum atomic E-state index is -4.32. The van der Waals surface area contributed by atoms with Crippen LogP contribution in [0.25, 0.3) is 0 Å². The van der Waals surface area contributed by atoms with Crippen molar-refractivity contribution in [2.75, 3.05) is 0 Å². The number of hydrogen-bond donors (Lipinski definition) is 0. The average Bonchev–Trinajstić information content (AvgIpc) is 2.00. The highest BCUT2D eigenvalue weighted by Crippen LogP contribution is 2.28. The normalized spacial score (nSPS) is 11.4. The molecule has 15 heavy (non-hydrogen) atoms. The first-order chi connectivity index (χ1) is 6.73. The fourth-order valence-electron chi connectivity index (χ4n) is 0.845. The standard InChI is InChI=1S/C6H2ClFINO4S/c7-15(13,14)6-2-5(10(11)12)4(9)1-3(6)8/h1-2H. The molecule has 0 N–H and O–H groups in total. The number of nitrogens with zero attached hydrogens (tertiary/aromatic N) is 1. The van der Waals surface area contributed by atoms with Gasteiger partial charge in [0.2, 0.25) is 0 Å². The second-order valence-corrected chi connectivity index (χ2v) is 6.13. The van der Waals surface area contributed by atoms with E-state index < -0.39 is 30.4 Å². The SMILES string of the molecule is O=[N+]([O-])c1cc(S(=O)(=O)Cl)c(F)cc1I. The van der Waals surface area contributed by atoms with E-state index >= 15 is 0 Å². The summed E-state index contributed by atoms with van der Waals surface area (Å²) in [5, 5.41) is 10.5. The quantitative estimate of drug-likeness (QED) is 0.349. The van der Waals surface area contributed by atoms with Crippen molar-refractivity contribution in [3.8, 4) is 0 Å². The van der Waals surface area contributed by atoms with Crippen LogP contribution in [-0.4, -0.2) is 13.3 Å². The molecule has 0 atom stereocenters. The van der Waals surface area contributed by atoms with E-state index in [0.29, 0.717) is 6.07 Å². The molecule has 5 nitrogen and oxygen atoms in total. The minimum absolute atomic E-state index is 0.000772. The third-order valence-corrected chi connectivity index (χ3v) is 3.66. The Kier molecular flexibility index (Phi) is 3.51. The molecular formula is C6H2ClFINO4S. The van der Waals surface area contributed by atoms with Crippen molar-refractivity contribution in [2.24, 2.45) is 0 Å². The van der Waals surface area contributed by atoms with Crippen molar-refractivity contribution in [1.82, 2.24) is 0 Å². The van der Waals surface area contributed by atoms with Gasteiger partial charge in [0.1, 0.15) is 10.7 Å². The summed E-state index contributed by atoms with van der Waals surface area (Å²) in [5.41, 5.74) is -0.503. The molecule has 0 spiro atoms. The third-order valence-electron chi connectivity index (χ3n) is 1.46. The molecule has 0 saturated carbocycles. The molecule has 1 aromatic carbocycles. The molecule has 0 radical (unpaired) electrons. The van der Waals surface area contributed by atoms with Crippen molar-refractivity contribution < 1.29 is 17.7 Å².